The number of rotatable bonds is 7. The minimum atomic E-state index is -3.07. The molecule has 8 nitrogen and oxygen atoms in total. The van der Waals surface area contributed by atoms with Gasteiger partial charge in [0.2, 0.25) is 5.91 Å². The third-order valence-corrected chi connectivity index (χ3v) is 7.11. The Labute approximate surface area is 206 Å². The first-order valence-corrected chi connectivity index (χ1v) is 12.4. The molecule has 2 aliphatic rings. The lowest BCUT2D eigenvalue weighted by molar-refractivity contribution is -0.120. The number of aromatic nitrogens is 4. The summed E-state index contributed by atoms with van der Waals surface area (Å²) in [5.74, 6) is -3.17. The van der Waals surface area contributed by atoms with Crippen LogP contribution in [0.1, 0.15) is 63.3 Å². The molecule has 192 valence electrons. The largest absolute Gasteiger partial charge is 0.311 e. The summed E-state index contributed by atoms with van der Waals surface area (Å²) in [6, 6.07) is 3.83. The van der Waals surface area contributed by atoms with Crippen LogP contribution in [-0.2, 0) is 29.6 Å². The summed E-state index contributed by atoms with van der Waals surface area (Å²) in [4.78, 5) is 17.5. The summed E-state index contributed by atoms with van der Waals surface area (Å²) >= 11 is 0. The molecular formula is C25H37F2N7O. The lowest BCUT2D eigenvalue weighted by Gasteiger charge is -2.39. The van der Waals surface area contributed by atoms with Gasteiger partial charge in [0.25, 0.3) is 5.92 Å². The van der Waals surface area contributed by atoms with E-state index in [0.717, 1.165) is 30.9 Å². The zero-order valence-electron chi connectivity index (χ0n) is 21.6. The number of carbonyl (C=O) groups excluding carboxylic acids is 1. The molecule has 0 radical (unpaired) electrons. The molecule has 0 spiro atoms. The second kappa shape index (κ2) is 9.54. The van der Waals surface area contributed by atoms with Crippen molar-refractivity contribution in [2.24, 2.45) is 7.05 Å². The summed E-state index contributed by atoms with van der Waals surface area (Å²) in [7, 11) is 1.94. The van der Waals surface area contributed by atoms with Crippen molar-refractivity contribution in [3.63, 3.8) is 0 Å². The molecule has 2 aromatic heterocycles. The average molecular weight is 490 g/mol. The maximum atomic E-state index is 14.6. The minimum Gasteiger partial charge on any atom is -0.311 e. The molecule has 35 heavy (non-hydrogen) atoms. The second-order valence-electron chi connectivity index (χ2n) is 10.8. The van der Waals surface area contributed by atoms with E-state index >= 15 is 0 Å². The first-order chi connectivity index (χ1) is 16.4. The highest BCUT2D eigenvalue weighted by molar-refractivity contribution is 5.97. The summed E-state index contributed by atoms with van der Waals surface area (Å²) in [5.41, 5.74) is 2.31. The van der Waals surface area contributed by atoms with E-state index in [1.807, 2.05) is 32.5 Å². The fourth-order valence-corrected chi connectivity index (χ4v) is 5.25. The van der Waals surface area contributed by atoms with Crippen molar-refractivity contribution in [1.82, 2.24) is 30.2 Å². The van der Waals surface area contributed by atoms with Gasteiger partial charge in [-0.15, -0.1) is 5.10 Å². The molecule has 4 rings (SSSR count). The van der Waals surface area contributed by atoms with E-state index in [9.17, 15) is 13.6 Å². The van der Waals surface area contributed by atoms with E-state index in [0.29, 0.717) is 24.3 Å². The Morgan fingerprint density at radius 3 is 2.69 bits per heavy atom. The van der Waals surface area contributed by atoms with Gasteiger partial charge in [0.1, 0.15) is 5.69 Å². The summed E-state index contributed by atoms with van der Waals surface area (Å²) in [6.45, 7) is 11.8. The highest BCUT2D eigenvalue weighted by Crippen LogP contribution is 2.41. The third kappa shape index (κ3) is 5.23. The molecule has 4 heterocycles. The van der Waals surface area contributed by atoms with Crippen LogP contribution in [0.25, 0.3) is 0 Å². The number of alkyl halides is 2. The smallest absolute Gasteiger partial charge is 0.291 e. The number of nitrogens with zero attached hydrogens (tertiary/aromatic N) is 6. The normalized spacial score (nSPS) is 22.5. The van der Waals surface area contributed by atoms with Crippen LogP contribution in [0.15, 0.2) is 12.1 Å². The molecule has 0 saturated carbocycles. The maximum Gasteiger partial charge on any atom is 0.291 e. The highest BCUT2D eigenvalue weighted by Gasteiger charge is 2.43. The fraction of sp³-hybridized carbons (Fsp3) is 0.680. The van der Waals surface area contributed by atoms with Gasteiger partial charge in [-0.25, -0.2) is 0 Å². The Bertz CT molecular complexity index is 1080. The molecule has 0 unspecified atom stereocenters. The van der Waals surface area contributed by atoms with Crippen molar-refractivity contribution >= 4 is 11.6 Å². The Morgan fingerprint density at radius 1 is 1.29 bits per heavy atom. The third-order valence-electron chi connectivity index (χ3n) is 7.11. The van der Waals surface area contributed by atoms with Crippen molar-refractivity contribution in [3.8, 4) is 0 Å². The standard InChI is InChI=1S/C25H37F2N7O/c1-7-8-25(26,27)21-11-20-23(30-29-21)24(4,5)15-34(20)22(35)14-33-13-17(3)28-12-19(33)10-18-9-16(2)31-32(18)6/h9,11,17,19,28H,7-8,10,12-15H2,1-6H3/t17-,19+/m1/s1. The van der Waals surface area contributed by atoms with E-state index in [-0.39, 0.29) is 36.7 Å². The van der Waals surface area contributed by atoms with E-state index in [2.05, 4.69) is 38.5 Å². The predicted octanol–water partition coefficient (Wildman–Crippen LogP) is 2.94. The van der Waals surface area contributed by atoms with Gasteiger partial charge in [0, 0.05) is 62.7 Å². The number of hydrogen-bond donors (Lipinski definition) is 1. The second-order valence-corrected chi connectivity index (χ2v) is 10.8. The van der Waals surface area contributed by atoms with Crippen molar-refractivity contribution < 1.29 is 13.6 Å². The number of piperazine rings is 1. The van der Waals surface area contributed by atoms with Crippen LogP contribution in [0, 0.1) is 6.92 Å². The number of amides is 1. The molecule has 2 atom stereocenters. The fourth-order valence-electron chi connectivity index (χ4n) is 5.25. The van der Waals surface area contributed by atoms with Crippen LogP contribution in [0.3, 0.4) is 0 Å². The lowest BCUT2D eigenvalue weighted by Crippen LogP contribution is -2.58. The first kappa shape index (κ1) is 25.6. The van der Waals surface area contributed by atoms with E-state index in [4.69, 9.17) is 0 Å². The predicted molar refractivity (Wildman–Crippen MR) is 131 cm³/mol. The first-order valence-electron chi connectivity index (χ1n) is 12.4. The quantitative estimate of drug-likeness (QED) is 0.644. The Morgan fingerprint density at radius 2 is 2.03 bits per heavy atom. The molecular weight excluding hydrogens is 452 g/mol. The molecule has 1 saturated heterocycles. The van der Waals surface area contributed by atoms with Gasteiger partial charge in [-0.2, -0.15) is 19.0 Å². The van der Waals surface area contributed by atoms with Gasteiger partial charge >= 0.3 is 0 Å². The lowest BCUT2D eigenvalue weighted by atomic mass is 9.91. The maximum absolute atomic E-state index is 14.6. The van der Waals surface area contributed by atoms with Crippen molar-refractivity contribution in [2.45, 2.75) is 77.3 Å². The molecule has 2 aromatic rings. The Balaban J connectivity index is 1.57. The molecule has 0 aromatic carbocycles. The zero-order chi connectivity index (χ0) is 25.5. The number of hydrogen-bond acceptors (Lipinski definition) is 6. The van der Waals surface area contributed by atoms with Crippen LogP contribution in [-0.4, -0.2) is 69.0 Å². The summed E-state index contributed by atoms with van der Waals surface area (Å²) in [5, 5.41) is 16.0. The van der Waals surface area contributed by atoms with E-state index in [1.54, 1.807) is 11.8 Å². The van der Waals surface area contributed by atoms with E-state index < -0.39 is 11.3 Å². The van der Waals surface area contributed by atoms with Crippen molar-refractivity contribution in [1.29, 1.82) is 0 Å². The molecule has 10 heteroatoms. The van der Waals surface area contributed by atoms with Crippen molar-refractivity contribution in [2.75, 3.05) is 31.1 Å². The molecule has 1 fully saturated rings. The number of carbonyl (C=O) groups is 1. The summed E-state index contributed by atoms with van der Waals surface area (Å²) < 4.78 is 31.1. The number of anilines is 1. The molecule has 1 amide bonds. The molecule has 0 aliphatic carbocycles. The number of halogens is 2. The van der Waals surface area contributed by atoms with Crippen LogP contribution < -0.4 is 10.2 Å². The molecule has 2 aliphatic heterocycles. The minimum absolute atomic E-state index is 0.102. The highest BCUT2D eigenvalue weighted by atomic mass is 19.3. The van der Waals surface area contributed by atoms with Gasteiger partial charge < -0.3 is 10.2 Å². The molecule has 0 bridgehead atoms. The average Bonchev–Trinajstić information content (AvgIpc) is 3.24. The van der Waals surface area contributed by atoms with Gasteiger partial charge in [-0.1, -0.05) is 27.2 Å². The van der Waals surface area contributed by atoms with Crippen LogP contribution in [0.5, 0.6) is 0 Å². The van der Waals surface area contributed by atoms with Crippen LogP contribution in [0.4, 0.5) is 14.5 Å². The van der Waals surface area contributed by atoms with Crippen LogP contribution in [0.2, 0.25) is 0 Å². The summed E-state index contributed by atoms with van der Waals surface area (Å²) in [6.07, 6.45) is 0.801. The van der Waals surface area contributed by atoms with Crippen molar-refractivity contribution in [3.05, 3.63) is 34.9 Å². The number of aryl methyl sites for hydroxylation is 2. The molecule has 1 N–H and O–H groups in total. The van der Waals surface area contributed by atoms with Gasteiger partial charge in [-0.05, 0) is 26.0 Å². The van der Waals surface area contributed by atoms with Gasteiger partial charge in [0.15, 0.2) is 0 Å². The van der Waals surface area contributed by atoms with Gasteiger partial charge in [-0.3, -0.25) is 14.4 Å². The monoisotopic (exact) mass is 489 g/mol. The SMILES string of the molecule is CCCC(F)(F)c1cc2c(nn1)C(C)(C)CN2C(=O)CN1C[C@@H](C)NC[C@@H]1Cc1cc(C)nn1C. The van der Waals surface area contributed by atoms with E-state index in [1.165, 1.54) is 6.07 Å². The van der Waals surface area contributed by atoms with Crippen LogP contribution >= 0.6 is 0 Å². The topological polar surface area (TPSA) is 79.2 Å². The number of fused-ring (bicyclic) bond motifs is 1. The zero-order valence-corrected chi connectivity index (χ0v) is 21.6. The Hall–Kier alpha value is -2.46. The van der Waals surface area contributed by atoms with Gasteiger partial charge in [0.05, 0.1) is 23.6 Å². The Kier molecular flexibility index (Phi) is 6.98. The number of nitrogens with one attached hydrogen (secondary N) is 1.